The zero-order valence-corrected chi connectivity index (χ0v) is 24.2. The second-order valence-corrected chi connectivity index (χ2v) is 12.3. The van der Waals surface area contributed by atoms with Gasteiger partial charge in [0.25, 0.3) is 11.8 Å². The Morgan fingerprint density at radius 3 is 1.32 bits per heavy atom. The smallest absolute Gasteiger partial charge is 0.326 e. The molecule has 0 fully saturated rings. The number of carbonyl (C=O) groups excluding carboxylic acids is 2. The molecule has 10 heteroatoms. The summed E-state index contributed by atoms with van der Waals surface area (Å²) in [5, 5.41) is 24.4. The summed E-state index contributed by atoms with van der Waals surface area (Å²) in [5.41, 5.74) is 2.15. The van der Waals surface area contributed by atoms with Crippen LogP contribution in [0.25, 0.3) is 0 Å². The summed E-state index contributed by atoms with van der Waals surface area (Å²) < 4.78 is 0. The van der Waals surface area contributed by atoms with Crippen LogP contribution in [0, 0.1) is 25.7 Å². The van der Waals surface area contributed by atoms with E-state index in [-0.39, 0.29) is 11.8 Å². The first kappa shape index (κ1) is 31.2. The molecule has 0 heterocycles. The molecule has 2 atom stereocenters. The van der Waals surface area contributed by atoms with Gasteiger partial charge in [0.05, 0.1) is 11.1 Å². The fraction of sp³-hybridized carbons (Fsp3) is 0.429. The lowest BCUT2D eigenvalue weighted by molar-refractivity contribution is -0.140. The van der Waals surface area contributed by atoms with Gasteiger partial charge in [-0.3, -0.25) is 9.59 Å². The number of carbonyl (C=O) groups is 4. The molecule has 0 saturated heterocycles. The predicted octanol–water partition coefficient (Wildman–Crippen LogP) is 5.56. The van der Waals surface area contributed by atoms with Crippen molar-refractivity contribution in [2.45, 2.75) is 76.3 Å². The number of carboxylic acid groups (broad SMARTS) is 2. The third kappa shape index (κ3) is 8.80. The Labute approximate surface area is 231 Å². The first-order valence-corrected chi connectivity index (χ1v) is 14.6. The standard InChI is InChI=1S/C28H36N2O6S2/c1-15(2)13-19(27(33)34)29-25(31)23-17(5)9-7-11-21(23)37-38-22-12-8-10-18(6)24(22)26(32)30-20(28(35)36)14-16(3)4/h7-12,15-16,19-20H,13-14H2,1-6H3,(H,29,31)(H,30,32)(H,33,34)(H,35,36). The average Bonchev–Trinajstić information content (AvgIpc) is 2.80. The molecule has 0 spiro atoms. The van der Waals surface area contributed by atoms with Gasteiger partial charge in [-0.2, -0.15) is 0 Å². The number of hydrogen-bond acceptors (Lipinski definition) is 6. The summed E-state index contributed by atoms with van der Waals surface area (Å²) in [6, 6.07) is 8.73. The maximum Gasteiger partial charge on any atom is 0.326 e. The molecule has 0 aliphatic rings. The third-order valence-corrected chi connectivity index (χ3v) is 8.22. The van der Waals surface area contributed by atoms with Gasteiger partial charge in [0, 0.05) is 9.79 Å². The van der Waals surface area contributed by atoms with Crippen LogP contribution in [0.2, 0.25) is 0 Å². The number of benzene rings is 2. The van der Waals surface area contributed by atoms with Gasteiger partial charge < -0.3 is 20.8 Å². The number of aliphatic carboxylic acids is 2. The van der Waals surface area contributed by atoms with E-state index in [2.05, 4.69) is 10.6 Å². The number of rotatable bonds is 13. The van der Waals surface area contributed by atoms with Crippen molar-refractivity contribution in [3.63, 3.8) is 0 Å². The molecule has 0 bridgehead atoms. The average molecular weight is 561 g/mol. The molecule has 0 aromatic heterocycles. The van der Waals surface area contributed by atoms with E-state index in [0.29, 0.717) is 44.9 Å². The molecule has 2 unspecified atom stereocenters. The van der Waals surface area contributed by atoms with E-state index < -0.39 is 35.8 Å². The largest absolute Gasteiger partial charge is 0.480 e. The van der Waals surface area contributed by atoms with Crippen LogP contribution in [0.5, 0.6) is 0 Å². The Kier molecular flexibility index (Phi) is 11.7. The van der Waals surface area contributed by atoms with E-state index in [9.17, 15) is 29.4 Å². The molecular weight excluding hydrogens is 524 g/mol. The monoisotopic (exact) mass is 560 g/mol. The molecule has 2 aromatic carbocycles. The second-order valence-electron chi connectivity index (χ2n) is 10.1. The minimum Gasteiger partial charge on any atom is -0.480 e. The fourth-order valence-electron chi connectivity index (χ4n) is 3.94. The summed E-state index contributed by atoms with van der Waals surface area (Å²) in [6.07, 6.45) is 0.611. The second kappa shape index (κ2) is 14.2. The van der Waals surface area contributed by atoms with Crippen molar-refractivity contribution >= 4 is 45.3 Å². The van der Waals surface area contributed by atoms with Crippen molar-refractivity contribution in [2.75, 3.05) is 0 Å². The Balaban J connectivity index is 2.31. The number of nitrogens with one attached hydrogen (secondary N) is 2. The minimum absolute atomic E-state index is 0.0878. The van der Waals surface area contributed by atoms with Gasteiger partial charge in [-0.25, -0.2) is 9.59 Å². The quantitative estimate of drug-likeness (QED) is 0.234. The van der Waals surface area contributed by atoms with E-state index >= 15 is 0 Å². The summed E-state index contributed by atoms with van der Waals surface area (Å²) in [4.78, 5) is 51.0. The fourth-order valence-corrected chi connectivity index (χ4v) is 6.43. The molecule has 2 rings (SSSR count). The maximum atomic E-state index is 13.2. The lowest BCUT2D eigenvalue weighted by Gasteiger charge is -2.19. The van der Waals surface area contributed by atoms with E-state index in [1.54, 1.807) is 38.1 Å². The van der Waals surface area contributed by atoms with Gasteiger partial charge in [-0.15, -0.1) is 0 Å². The Bertz CT molecular complexity index is 1090. The summed E-state index contributed by atoms with van der Waals surface area (Å²) in [6.45, 7) is 11.1. The van der Waals surface area contributed by atoms with E-state index in [4.69, 9.17) is 0 Å². The van der Waals surface area contributed by atoms with Crippen molar-refractivity contribution < 1.29 is 29.4 Å². The summed E-state index contributed by atoms with van der Waals surface area (Å²) >= 11 is 0. The topological polar surface area (TPSA) is 133 Å². The molecule has 0 radical (unpaired) electrons. The number of amides is 2. The van der Waals surface area contributed by atoms with E-state index in [1.165, 1.54) is 21.6 Å². The van der Waals surface area contributed by atoms with Gasteiger partial charge in [0.1, 0.15) is 12.1 Å². The van der Waals surface area contributed by atoms with Gasteiger partial charge in [-0.05, 0) is 61.8 Å². The van der Waals surface area contributed by atoms with Crippen LogP contribution in [-0.4, -0.2) is 46.0 Å². The van der Waals surface area contributed by atoms with Crippen LogP contribution in [0.15, 0.2) is 46.2 Å². The normalized spacial score (nSPS) is 12.7. The van der Waals surface area contributed by atoms with E-state index in [1.807, 2.05) is 39.8 Å². The molecule has 2 amide bonds. The van der Waals surface area contributed by atoms with Crippen LogP contribution in [0.3, 0.4) is 0 Å². The van der Waals surface area contributed by atoms with Gasteiger partial charge >= 0.3 is 11.9 Å². The van der Waals surface area contributed by atoms with Crippen molar-refractivity contribution in [2.24, 2.45) is 11.8 Å². The molecular formula is C28H36N2O6S2. The van der Waals surface area contributed by atoms with Crippen LogP contribution in [-0.2, 0) is 9.59 Å². The third-order valence-electron chi connectivity index (χ3n) is 5.77. The van der Waals surface area contributed by atoms with Crippen LogP contribution in [0.4, 0.5) is 0 Å². The van der Waals surface area contributed by atoms with Gasteiger partial charge in [0.2, 0.25) is 0 Å². The molecule has 0 aliphatic heterocycles. The van der Waals surface area contributed by atoms with Crippen molar-refractivity contribution in [1.29, 1.82) is 0 Å². The first-order chi connectivity index (χ1) is 17.8. The SMILES string of the molecule is Cc1cccc(SSc2cccc(C)c2C(=O)NC(CC(C)C)C(=O)O)c1C(=O)NC(CC(C)C)C(=O)O. The number of hydrogen-bond donors (Lipinski definition) is 4. The Hall–Kier alpha value is -2.98. The molecule has 8 nitrogen and oxygen atoms in total. The zero-order chi connectivity index (χ0) is 28.6. The molecule has 0 aliphatic carbocycles. The van der Waals surface area contributed by atoms with Crippen LogP contribution in [0.1, 0.15) is 72.4 Å². The Morgan fingerprint density at radius 2 is 1.03 bits per heavy atom. The molecule has 2 aromatic rings. The van der Waals surface area contributed by atoms with Gasteiger partial charge in [-0.1, -0.05) is 73.5 Å². The predicted molar refractivity (Wildman–Crippen MR) is 151 cm³/mol. The molecule has 206 valence electrons. The highest BCUT2D eigenvalue weighted by Gasteiger charge is 2.26. The maximum absolute atomic E-state index is 13.2. The van der Waals surface area contributed by atoms with Crippen molar-refractivity contribution in [3.05, 3.63) is 58.7 Å². The lowest BCUT2D eigenvalue weighted by atomic mass is 10.0. The highest BCUT2D eigenvalue weighted by atomic mass is 33.1. The summed E-state index contributed by atoms with van der Waals surface area (Å²) in [7, 11) is 2.56. The summed E-state index contributed by atoms with van der Waals surface area (Å²) in [5.74, 6) is -2.94. The van der Waals surface area contributed by atoms with Crippen molar-refractivity contribution in [3.8, 4) is 0 Å². The molecule has 4 N–H and O–H groups in total. The zero-order valence-electron chi connectivity index (χ0n) is 22.5. The lowest BCUT2D eigenvalue weighted by Crippen LogP contribution is -2.42. The van der Waals surface area contributed by atoms with Crippen LogP contribution < -0.4 is 10.6 Å². The number of carboxylic acids is 2. The van der Waals surface area contributed by atoms with Crippen molar-refractivity contribution in [1.82, 2.24) is 10.6 Å². The highest BCUT2D eigenvalue weighted by molar-refractivity contribution is 8.76. The minimum atomic E-state index is -1.09. The number of aryl methyl sites for hydroxylation is 2. The highest BCUT2D eigenvalue weighted by Crippen LogP contribution is 2.42. The molecule has 38 heavy (non-hydrogen) atoms. The van der Waals surface area contributed by atoms with Gasteiger partial charge in [0.15, 0.2) is 0 Å². The Morgan fingerprint density at radius 1 is 0.684 bits per heavy atom. The first-order valence-electron chi connectivity index (χ1n) is 12.4. The van der Waals surface area contributed by atoms with E-state index in [0.717, 1.165) is 0 Å². The molecule has 0 saturated carbocycles. The van der Waals surface area contributed by atoms with Crippen LogP contribution >= 0.6 is 21.6 Å².